The van der Waals surface area contributed by atoms with Crippen LogP contribution in [-0.2, 0) is 0 Å². The van der Waals surface area contributed by atoms with Gasteiger partial charge in [0, 0.05) is 0 Å². The molecule has 0 aliphatic carbocycles. The lowest BCUT2D eigenvalue weighted by atomic mass is 10.1. The fraction of sp³-hybridized carbons (Fsp3) is 0.273. The maximum absolute atomic E-state index is 11.8. The molecule has 5 nitrogen and oxygen atoms in total. The summed E-state index contributed by atoms with van der Waals surface area (Å²) in [5.41, 5.74) is 5.68. The van der Waals surface area contributed by atoms with Crippen LogP contribution in [-0.4, -0.2) is 31.7 Å². The number of rotatable bonds is 5. The fourth-order valence-corrected chi connectivity index (χ4v) is 1.40. The van der Waals surface area contributed by atoms with Gasteiger partial charge < -0.3 is 20.5 Å². The second-order valence-electron chi connectivity index (χ2n) is 3.19. The predicted octanol–water partition coefficient (Wildman–Crippen LogP) is 0.720. The van der Waals surface area contributed by atoms with E-state index in [9.17, 15) is 4.79 Å². The van der Waals surface area contributed by atoms with Crippen LogP contribution in [0.1, 0.15) is 10.4 Å². The van der Waals surface area contributed by atoms with E-state index in [1.807, 2.05) is 0 Å². The summed E-state index contributed by atoms with van der Waals surface area (Å²) >= 11 is 4.68. The monoisotopic (exact) mass is 254 g/mol. The van der Waals surface area contributed by atoms with Gasteiger partial charge in [-0.3, -0.25) is 4.79 Å². The molecule has 92 valence electrons. The summed E-state index contributed by atoms with van der Waals surface area (Å²) in [6.45, 7) is 0.147. The number of ether oxygens (including phenoxy) is 2. The Morgan fingerprint density at radius 3 is 2.65 bits per heavy atom. The van der Waals surface area contributed by atoms with Crippen LogP contribution in [0.2, 0.25) is 0 Å². The van der Waals surface area contributed by atoms with Gasteiger partial charge in [0.2, 0.25) is 0 Å². The highest BCUT2D eigenvalue weighted by molar-refractivity contribution is 7.80. The number of nitrogens with one attached hydrogen (secondary N) is 1. The Kier molecular flexibility index (Phi) is 4.71. The first-order valence-corrected chi connectivity index (χ1v) is 5.28. The van der Waals surface area contributed by atoms with Crippen molar-refractivity contribution < 1.29 is 14.3 Å². The Balaban J connectivity index is 2.96. The van der Waals surface area contributed by atoms with Crippen molar-refractivity contribution >= 4 is 23.1 Å². The van der Waals surface area contributed by atoms with E-state index in [0.717, 1.165) is 0 Å². The van der Waals surface area contributed by atoms with Crippen molar-refractivity contribution in [3.05, 3.63) is 23.8 Å². The third-order valence-electron chi connectivity index (χ3n) is 2.07. The minimum atomic E-state index is -0.312. The lowest BCUT2D eigenvalue weighted by Crippen LogP contribution is -2.32. The van der Waals surface area contributed by atoms with Crippen LogP contribution in [0.3, 0.4) is 0 Å². The molecule has 0 heterocycles. The summed E-state index contributed by atoms with van der Waals surface area (Å²) in [4.78, 5) is 12.1. The summed E-state index contributed by atoms with van der Waals surface area (Å²) < 4.78 is 10.2. The lowest BCUT2D eigenvalue weighted by molar-refractivity contribution is 0.0955. The molecule has 0 saturated heterocycles. The molecule has 0 saturated carbocycles. The molecule has 1 amide bonds. The molecule has 0 bridgehead atoms. The van der Waals surface area contributed by atoms with E-state index in [4.69, 9.17) is 15.2 Å². The van der Waals surface area contributed by atoms with Crippen LogP contribution in [0.25, 0.3) is 0 Å². The normalized spacial score (nSPS) is 9.53. The molecule has 0 radical (unpaired) electrons. The standard InChI is InChI=1S/C11H14N2O3S/c1-15-8-5-3-4-7(10(8)16-2)11(14)13-6-9(12)17/h3-5H,6H2,1-2H3,(H2,12,17)(H,13,14). The quantitative estimate of drug-likeness (QED) is 0.757. The highest BCUT2D eigenvalue weighted by Crippen LogP contribution is 2.30. The Bertz CT molecular complexity index is 435. The van der Waals surface area contributed by atoms with Crippen LogP contribution in [0, 0.1) is 0 Å². The number of benzene rings is 1. The molecule has 17 heavy (non-hydrogen) atoms. The molecule has 0 aromatic heterocycles. The molecule has 1 aromatic carbocycles. The first kappa shape index (κ1) is 13.2. The van der Waals surface area contributed by atoms with Gasteiger partial charge in [0.1, 0.15) is 0 Å². The molecular weight excluding hydrogens is 240 g/mol. The molecule has 6 heteroatoms. The third kappa shape index (κ3) is 3.32. The number of amides is 1. The Morgan fingerprint density at radius 2 is 2.12 bits per heavy atom. The van der Waals surface area contributed by atoms with Crippen molar-refractivity contribution in [2.75, 3.05) is 20.8 Å². The smallest absolute Gasteiger partial charge is 0.255 e. The molecule has 0 unspecified atom stereocenters. The Hall–Kier alpha value is -1.82. The van der Waals surface area contributed by atoms with Crippen molar-refractivity contribution in [3.63, 3.8) is 0 Å². The van der Waals surface area contributed by atoms with Crippen molar-refractivity contribution in [2.45, 2.75) is 0 Å². The van der Waals surface area contributed by atoms with Gasteiger partial charge in [-0.2, -0.15) is 0 Å². The molecule has 0 atom stereocenters. The summed E-state index contributed by atoms with van der Waals surface area (Å²) in [7, 11) is 2.98. The topological polar surface area (TPSA) is 73.6 Å². The zero-order valence-corrected chi connectivity index (χ0v) is 10.5. The second kappa shape index (κ2) is 6.05. The molecule has 0 aliphatic rings. The summed E-state index contributed by atoms with van der Waals surface area (Å²) in [5.74, 6) is 0.569. The number of carbonyl (C=O) groups is 1. The lowest BCUT2D eigenvalue weighted by Gasteiger charge is -2.12. The van der Waals surface area contributed by atoms with Gasteiger partial charge >= 0.3 is 0 Å². The Morgan fingerprint density at radius 1 is 1.41 bits per heavy atom. The van der Waals surface area contributed by atoms with Crippen molar-refractivity contribution in [3.8, 4) is 11.5 Å². The summed E-state index contributed by atoms with van der Waals surface area (Å²) in [5, 5.41) is 2.58. The van der Waals surface area contributed by atoms with E-state index in [2.05, 4.69) is 17.5 Å². The molecular formula is C11H14N2O3S. The van der Waals surface area contributed by atoms with Gasteiger partial charge in [-0.15, -0.1) is 0 Å². The number of nitrogens with two attached hydrogens (primary N) is 1. The van der Waals surface area contributed by atoms with Crippen LogP contribution in [0.4, 0.5) is 0 Å². The second-order valence-corrected chi connectivity index (χ2v) is 3.71. The Labute approximate surface area is 105 Å². The number of carbonyl (C=O) groups excluding carboxylic acids is 1. The number of methoxy groups -OCH3 is 2. The average molecular weight is 254 g/mol. The number of hydrogen-bond donors (Lipinski definition) is 2. The minimum absolute atomic E-state index is 0.147. The third-order valence-corrected chi connectivity index (χ3v) is 2.22. The van der Waals surface area contributed by atoms with Gasteiger partial charge in [-0.1, -0.05) is 18.3 Å². The summed E-state index contributed by atoms with van der Waals surface area (Å²) in [6, 6.07) is 5.05. The van der Waals surface area contributed by atoms with Gasteiger partial charge in [-0.05, 0) is 12.1 Å². The summed E-state index contributed by atoms with van der Waals surface area (Å²) in [6.07, 6.45) is 0. The molecule has 0 aliphatic heterocycles. The SMILES string of the molecule is COc1cccc(C(=O)NCC(N)=S)c1OC. The van der Waals surface area contributed by atoms with Crippen LogP contribution in [0.15, 0.2) is 18.2 Å². The molecule has 3 N–H and O–H groups in total. The van der Waals surface area contributed by atoms with Crippen molar-refractivity contribution in [1.82, 2.24) is 5.32 Å². The first-order chi connectivity index (χ1) is 8.10. The maximum Gasteiger partial charge on any atom is 0.255 e. The largest absolute Gasteiger partial charge is 0.493 e. The molecule has 1 rings (SSSR count). The zero-order chi connectivity index (χ0) is 12.8. The zero-order valence-electron chi connectivity index (χ0n) is 9.65. The van der Waals surface area contributed by atoms with Gasteiger partial charge in [-0.25, -0.2) is 0 Å². The maximum atomic E-state index is 11.8. The molecule has 1 aromatic rings. The van der Waals surface area contributed by atoms with E-state index in [1.165, 1.54) is 14.2 Å². The van der Waals surface area contributed by atoms with E-state index < -0.39 is 0 Å². The molecule has 0 spiro atoms. The fourth-order valence-electron chi connectivity index (χ4n) is 1.33. The van der Waals surface area contributed by atoms with Gasteiger partial charge in [0.15, 0.2) is 11.5 Å². The predicted molar refractivity (Wildman–Crippen MR) is 68.7 cm³/mol. The first-order valence-electron chi connectivity index (χ1n) is 4.87. The highest BCUT2D eigenvalue weighted by Gasteiger charge is 2.15. The number of hydrogen-bond acceptors (Lipinski definition) is 4. The van der Waals surface area contributed by atoms with E-state index in [-0.39, 0.29) is 17.4 Å². The van der Waals surface area contributed by atoms with Crippen LogP contribution >= 0.6 is 12.2 Å². The van der Waals surface area contributed by atoms with E-state index >= 15 is 0 Å². The highest BCUT2D eigenvalue weighted by atomic mass is 32.1. The van der Waals surface area contributed by atoms with E-state index in [1.54, 1.807) is 18.2 Å². The number of thiocarbonyl (C=S) groups is 1. The van der Waals surface area contributed by atoms with Crippen molar-refractivity contribution in [2.24, 2.45) is 5.73 Å². The van der Waals surface area contributed by atoms with Gasteiger partial charge in [0.25, 0.3) is 5.91 Å². The minimum Gasteiger partial charge on any atom is -0.493 e. The van der Waals surface area contributed by atoms with Crippen LogP contribution in [0.5, 0.6) is 11.5 Å². The van der Waals surface area contributed by atoms with Crippen molar-refractivity contribution in [1.29, 1.82) is 0 Å². The average Bonchev–Trinajstić information content (AvgIpc) is 2.34. The van der Waals surface area contributed by atoms with Crippen LogP contribution < -0.4 is 20.5 Å². The van der Waals surface area contributed by atoms with Gasteiger partial charge in [0.05, 0.1) is 31.3 Å². The van der Waals surface area contributed by atoms with E-state index in [0.29, 0.717) is 17.1 Å². The number of para-hydroxylation sites is 1. The molecule has 0 fully saturated rings.